The summed E-state index contributed by atoms with van der Waals surface area (Å²) in [7, 11) is -1.72. The molecule has 0 atom stereocenters. The lowest BCUT2D eigenvalue weighted by atomic mass is 10.2. The second kappa shape index (κ2) is 10.4. The van der Waals surface area contributed by atoms with Crippen molar-refractivity contribution in [2.75, 3.05) is 20.1 Å². The van der Waals surface area contributed by atoms with Gasteiger partial charge in [0.1, 0.15) is 0 Å². The molecule has 0 aromatic heterocycles. The van der Waals surface area contributed by atoms with Crippen LogP contribution in [0.2, 0.25) is 0 Å². The molecule has 1 saturated heterocycles. The third kappa shape index (κ3) is 5.68. The van der Waals surface area contributed by atoms with Gasteiger partial charge in [0.25, 0.3) is 0 Å². The third-order valence-electron chi connectivity index (χ3n) is 4.92. The molecule has 6 nitrogen and oxygen atoms in total. The Bertz CT molecular complexity index is 766. The van der Waals surface area contributed by atoms with Gasteiger partial charge in [0.15, 0.2) is 5.96 Å². The van der Waals surface area contributed by atoms with Crippen LogP contribution < -0.4 is 10.6 Å². The highest BCUT2D eigenvalue weighted by Crippen LogP contribution is 2.23. The van der Waals surface area contributed by atoms with Gasteiger partial charge in [-0.15, -0.1) is 24.0 Å². The minimum Gasteiger partial charge on any atom is -0.353 e. The van der Waals surface area contributed by atoms with Crippen LogP contribution in [0.5, 0.6) is 0 Å². The van der Waals surface area contributed by atoms with Crippen LogP contribution in [0, 0.1) is 0 Å². The highest BCUT2D eigenvalue weighted by atomic mass is 127. The first-order valence-electron chi connectivity index (χ1n) is 9.31. The number of rotatable bonds is 5. The van der Waals surface area contributed by atoms with Crippen molar-refractivity contribution < 1.29 is 8.42 Å². The number of nitrogens with zero attached hydrogens (tertiary/aromatic N) is 2. The predicted octanol–water partition coefficient (Wildman–Crippen LogP) is 2.86. The topological polar surface area (TPSA) is 73.8 Å². The van der Waals surface area contributed by atoms with Crippen LogP contribution in [0.4, 0.5) is 0 Å². The summed E-state index contributed by atoms with van der Waals surface area (Å²) in [5.74, 6) is 0.698. The van der Waals surface area contributed by atoms with E-state index in [0.29, 0.717) is 36.5 Å². The number of piperidine rings is 1. The fourth-order valence-corrected chi connectivity index (χ4v) is 5.19. The van der Waals surface area contributed by atoms with Crippen LogP contribution in [0.1, 0.15) is 37.7 Å². The van der Waals surface area contributed by atoms with Gasteiger partial charge in [0.05, 0.1) is 4.90 Å². The van der Waals surface area contributed by atoms with Crippen molar-refractivity contribution in [3.05, 3.63) is 42.0 Å². The Hall–Kier alpha value is -1.13. The van der Waals surface area contributed by atoms with Crippen LogP contribution in [-0.4, -0.2) is 44.9 Å². The molecule has 0 unspecified atom stereocenters. The smallest absolute Gasteiger partial charge is 0.243 e. The average molecular weight is 504 g/mol. The lowest BCUT2D eigenvalue weighted by Crippen LogP contribution is -2.42. The summed E-state index contributed by atoms with van der Waals surface area (Å²) in [5, 5.41) is 6.63. The van der Waals surface area contributed by atoms with Gasteiger partial charge in [0.2, 0.25) is 10.0 Å². The Balaban J connectivity index is 0.00000261. The maximum atomic E-state index is 13.0. The molecule has 0 radical (unpaired) electrons. The Morgan fingerprint density at radius 3 is 2.48 bits per heavy atom. The number of guanidine groups is 1. The van der Waals surface area contributed by atoms with Gasteiger partial charge < -0.3 is 10.6 Å². The quantitative estimate of drug-likeness (QED) is 0.280. The first-order chi connectivity index (χ1) is 12.6. The van der Waals surface area contributed by atoms with Crippen molar-refractivity contribution in [1.29, 1.82) is 0 Å². The van der Waals surface area contributed by atoms with Gasteiger partial charge in [-0.05, 0) is 37.3 Å². The van der Waals surface area contributed by atoms with Crippen molar-refractivity contribution in [2.24, 2.45) is 4.99 Å². The molecular formula is C19H29IN4O2S. The van der Waals surface area contributed by atoms with E-state index in [2.05, 4.69) is 27.8 Å². The van der Waals surface area contributed by atoms with E-state index in [1.165, 1.54) is 0 Å². The molecule has 27 heavy (non-hydrogen) atoms. The molecule has 2 aliphatic rings. The average Bonchev–Trinajstić information content (AvgIpc) is 3.19. The van der Waals surface area contributed by atoms with Crippen LogP contribution in [-0.2, 0) is 16.6 Å². The Morgan fingerprint density at radius 2 is 1.81 bits per heavy atom. The van der Waals surface area contributed by atoms with Gasteiger partial charge in [-0.25, -0.2) is 8.42 Å². The molecule has 150 valence electrons. The molecule has 1 aliphatic carbocycles. The van der Waals surface area contributed by atoms with E-state index in [4.69, 9.17) is 0 Å². The molecule has 3 rings (SSSR count). The van der Waals surface area contributed by atoms with Crippen molar-refractivity contribution in [3.8, 4) is 0 Å². The number of nitrogens with one attached hydrogen (secondary N) is 2. The van der Waals surface area contributed by atoms with Gasteiger partial charge in [0, 0.05) is 32.7 Å². The van der Waals surface area contributed by atoms with Crippen molar-refractivity contribution in [1.82, 2.24) is 14.9 Å². The number of aliphatic imine (C=N–C) groups is 1. The summed E-state index contributed by atoms with van der Waals surface area (Å²) >= 11 is 0. The van der Waals surface area contributed by atoms with Crippen LogP contribution in [0.3, 0.4) is 0 Å². The van der Waals surface area contributed by atoms with Crippen LogP contribution in [0.15, 0.2) is 46.3 Å². The molecule has 0 spiro atoms. The fourth-order valence-electron chi connectivity index (χ4n) is 3.45. The number of sulfonamides is 1. The van der Waals surface area contributed by atoms with Gasteiger partial charge >= 0.3 is 0 Å². The number of benzene rings is 1. The molecule has 0 bridgehead atoms. The van der Waals surface area contributed by atoms with Crippen molar-refractivity contribution in [2.45, 2.75) is 49.6 Å². The molecular weight excluding hydrogens is 475 g/mol. The summed E-state index contributed by atoms with van der Waals surface area (Å²) < 4.78 is 27.7. The lowest BCUT2D eigenvalue weighted by molar-refractivity contribution is 0.346. The van der Waals surface area contributed by atoms with E-state index in [9.17, 15) is 8.42 Å². The molecule has 1 aromatic carbocycles. The predicted molar refractivity (Wildman–Crippen MR) is 120 cm³/mol. The van der Waals surface area contributed by atoms with E-state index >= 15 is 0 Å². The van der Waals surface area contributed by atoms with Crippen molar-refractivity contribution in [3.63, 3.8) is 0 Å². The van der Waals surface area contributed by atoms with E-state index in [-0.39, 0.29) is 24.0 Å². The molecule has 1 heterocycles. The molecule has 1 aliphatic heterocycles. The number of hydrogen-bond acceptors (Lipinski definition) is 3. The van der Waals surface area contributed by atoms with E-state index in [0.717, 1.165) is 37.7 Å². The van der Waals surface area contributed by atoms with Gasteiger partial charge in [-0.3, -0.25) is 4.99 Å². The summed E-state index contributed by atoms with van der Waals surface area (Å²) in [6, 6.07) is 7.60. The normalized spacial score (nSPS) is 18.9. The zero-order valence-corrected chi connectivity index (χ0v) is 18.9. The minimum atomic E-state index is -3.45. The summed E-state index contributed by atoms with van der Waals surface area (Å²) in [5.41, 5.74) is 0.769. The Kier molecular flexibility index (Phi) is 8.56. The molecule has 0 saturated carbocycles. The second-order valence-corrected chi connectivity index (χ2v) is 8.69. The summed E-state index contributed by atoms with van der Waals surface area (Å²) in [6.45, 7) is 1.65. The van der Waals surface area contributed by atoms with Crippen LogP contribution in [0.25, 0.3) is 0 Å². The number of hydrogen-bond donors (Lipinski definition) is 2. The van der Waals surface area contributed by atoms with E-state index in [1.807, 2.05) is 12.1 Å². The monoisotopic (exact) mass is 504 g/mol. The van der Waals surface area contributed by atoms with E-state index < -0.39 is 10.0 Å². The SMILES string of the molecule is CN=C(NCc1ccccc1S(=O)(=O)N1CCCCC1)NC1CC=CC1.I. The first kappa shape index (κ1) is 22.2. The van der Waals surface area contributed by atoms with E-state index in [1.54, 1.807) is 23.5 Å². The Labute approximate surface area is 179 Å². The fraction of sp³-hybridized carbons (Fsp3) is 0.526. The summed E-state index contributed by atoms with van der Waals surface area (Å²) in [6.07, 6.45) is 9.27. The maximum Gasteiger partial charge on any atom is 0.243 e. The van der Waals surface area contributed by atoms with Gasteiger partial charge in [-0.1, -0.05) is 36.8 Å². The largest absolute Gasteiger partial charge is 0.353 e. The van der Waals surface area contributed by atoms with Crippen LogP contribution >= 0.6 is 24.0 Å². The zero-order valence-electron chi connectivity index (χ0n) is 15.7. The highest BCUT2D eigenvalue weighted by molar-refractivity contribution is 14.0. The highest BCUT2D eigenvalue weighted by Gasteiger charge is 2.27. The molecule has 1 fully saturated rings. The zero-order chi connectivity index (χ0) is 18.4. The number of halogens is 1. The van der Waals surface area contributed by atoms with Gasteiger partial charge in [-0.2, -0.15) is 4.31 Å². The Morgan fingerprint density at radius 1 is 1.15 bits per heavy atom. The molecule has 1 aromatic rings. The lowest BCUT2D eigenvalue weighted by Gasteiger charge is -2.27. The second-order valence-electron chi connectivity index (χ2n) is 6.78. The molecule has 2 N–H and O–H groups in total. The molecule has 8 heteroatoms. The minimum absolute atomic E-state index is 0. The third-order valence-corrected chi connectivity index (χ3v) is 6.92. The standard InChI is InChI=1S/C19H28N4O2S.HI/c1-20-19(22-17-10-4-5-11-17)21-15-16-9-3-6-12-18(16)26(24,25)23-13-7-2-8-14-23;/h3-6,9,12,17H,2,7-8,10-11,13-15H2,1H3,(H2,20,21,22);1H. The first-order valence-corrected chi connectivity index (χ1v) is 10.8. The maximum absolute atomic E-state index is 13.0. The summed E-state index contributed by atoms with van der Waals surface area (Å²) in [4.78, 5) is 4.65. The molecule has 0 amide bonds. The van der Waals surface area contributed by atoms with Crippen molar-refractivity contribution >= 4 is 40.0 Å².